The zero-order chi connectivity index (χ0) is 17.2. The van der Waals surface area contributed by atoms with E-state index < -0.39 is 23.9 Å². The minimum atomic E-state index is -0.789. The molecule has 0 spiro atoms. The van der Waals surface area contributed by atoms with E-state index in [4.69, 9.17) is 10.5 Å². The Kier molecular flexibility index (Phi) is 7.59. The second-order valence-electron chi connectivity index (χ2n) is 5.25. The average molecular weight is 321 g/mol. The molecule has 0 heterocycles. The fourth-order valence-corrected chi connectivity index (χ4v) is 1.88. The highest BCUT2D eigenvalue weighted by Crippen LogP contribution is 2.09. The molecule has 1 aromatic carbocycles. The molecule has 2 atom stereocenters. The van der Waals surface area contributed by atoms with Crippen molar-refractivity contribution in [2.75, 3.05) is 6.54 Å². The number of carbonyl (C=O) groups excluding carboxylic acids is 3. The Labute approximate surface area is 135 Å². The van der Waals surface area contributed by atoms with Crippen molar-refractivity contribution in [2.24, 2.45) is 11.7 Å². The van der Waals surface area contributed by atoms with E-state index in [1.807, 2.05) is 44.2 Å². The molecule has 0 aromatic heterocycles. The summed E-state index contributed by atoms with van der Waals surface area (Å²) in [5.41, 5.74) is 5.85. The summed E-state index contributed by atoms with van der Waals surface area (Å²) in [5, 5.41) is 4.93. The maximum absolute atomic E-state index is 12.1. The summed E-state index contributed by atoms with van der Waals surface area (Å²) in [7, 11) is 0. The molecule has 0 bridgehead atoms. The van der Waals surface area contributed by atoms with Crippen LogP contribution in [0.15, 0.2) is 30.3 Å². The third-order valence-electron chi connectivity index (χ3n) is 3.42. The monoisotopic (exact) mass is 321 g/mol. The molecule has 0 unspecified atom stereocenters. The second-order valence-corrected chi connectivity index (χ2v) is 5.25. The quantitative estimate of drug-likeness (QED) is 0.661. The van der Waals surface area contributed by atoms with Crippen molar-refractivity contribution in [1.29, 1.82) is 0 Å². The van der Waals surface area contributed by atoms with Crippen molar-refractivity contribution < 1.29 is 19.1 Å². The van der Waals surface area contributed by atoms with Crippen LogP contribution < -0.4 is 16.4 Å². The molecule has 7 heteroatoms. The van der Waals surface area contributed by atoms with Gasteiger partial charge < -0.3 is 21.1 Å². The number of amides is 3. The summed E-state index contributed by atoms with van der Waals surface area (Å²) in [4.78, 5) is 34.7. The summed E-state index contributed by atoms with van der Waals surface area (Å²) in [6.45, 7) is 3.57. The largest absolute Gasteiger partial charge is 0.445 e. The van der Waals surface area contributed by atoms with Gasteiger partial charge in [0.15, 0.2) is 0 Å². The molecule has 3 amide bonds. The maximum atomic E-state index is 12.1. The Morgan fingerprint density at radius 3 is 2.43 bits per heavy atom. The van der Waals surface area contributed by atoms with Crippen molar-refractivity contribution in [3.8, 4) is 0 Å². The van der Waals surface area contributed by atoms with Gasteiger partial charge in [-0.15, -0.1) is 0 Å². The number of ether oxygens (including phenoxy) is 1. The number of rotatable bonds is 8. The Morgan fingerprint density at radius 2 is 1.87 bits per heavy atom. The van der Waals surface area contributed by atoms with E-state index in [-0.39, 0.29) is 19.1 Å². The number of carbonyl (C=O) groups is 3. The van der Waals surface area contributed by atoms with Crippen LogP contribution in [0.3, 0.4) is 0 Å². The summed E-state index contributed by atoms with van der Waals surface area (Å²) < 4.78 is 5.11. The smallest absolute Gasteiger partial charge is 0.408 e. The molecule has 23 heavy (non-hydrogen) atoms. The van der Waals surface area contributed by atoms with Crippen molar-refractivity contribution in [3.63, 3.8) is 0 Å². The van der Waals surface area contributed by atoms with Gasteiger partial charge in [0, 0.05) is 0 Å². The molecule has 0 fully saturated rings. The van der Waals surface area contributed by atoms with Crippen molar-refractivity contribution in [3.05, 3.63) is 35.9 Å². The van der Waals surface area contributed by atoms with Gasteiger partial charge in [-0.1, -0.05) is 50.6 Å². The minimum Gasteiger partial charge on any atom is -0.445 e. The summed E-state index contributed by atoms with van der Waals surface area (Å²) in [6, 6.07) is 8.43. The number of alkyl carbamates (subject to hydrolysis) is 1. The first-order valence-corrected chi connectivity index (χ1v) is 7.47. The van der Waals surface area contributed by atoms with E-state index >= 15 is 0 Å². The average Bonchev–Trinajstić information content (AvgIpc) is 2.55. The number of primary amides is 1. The molecule has 0 aliphatic carbocycles. The minimum absolute atomic E-state index is 0.114. The SMILES string of the molecule is CC[C@H](C)[C@H](NC(=O)OCc1ccccc1)C(=O)NCC(N)=O. The first-order valence-electron chi connectivity index (χ1n) is 7.47. The summed E-state index contributed by atoms with van der Waals surface area (Å²) in [6.07, 6.45) is -0.0125. The number of nitrogens with one attached hydrogen (secondary N) is 2. The topological polar surface area (TPSA) is 111 Å². The van der Waals surface area contributed by atoms with E-state index in [0.29, 0.717) is 6.42 Å². The molecule has 0 saturated carbocycles. The number of nitrogens with two attached hydrogens (primary N) is 1. The fraction of sp³-hybridized carbons (Fsp3) is 0.438. The van der Waals surface area contributed by atoms with Crippen molar-refractivity contribution in [1.82, 2.24) is 10.6 Å². The van der Waals surface area contributed by atoms with Gasteiger partial charge >= 0.3 is 6.09 Å². The number of hydrogen-bond donors (Lipinski definition) is 3. The van der Waals surface area contributed by atoms with E-state index in [1.54, 1.807) is 0 Å². The molecule has 0 aliphatic rings. The van der Waals surface area contributed by atoms with Crippen LogP contribution in [0.1, 0.15) is 25.8 Å². The van der Waals surface area contributed by atoms with Crippen molar-refractivity contribution >= 4 is 17.9 Å². The molecule has 0 saturated heterocycles. The van der Waals surface area contributed by atoms with Gasteiger partial charge in [0.1, 0.15) is 12.6 Å². The summed E-state index contributed by atoms with van der Waals surface area (Å²) >= 11 is 0. The van der Waals surface area contributed by atoms with Crippen LogP contribution in [0, 0.1) is 5.92 Å². The van der Waals surface area contributed by atoms with Crippen molar-refractivity contribution in [2.45, 2.75) is 32.9 Å². The molecular weight excluding hydrogens is 298 g/mol. The van der Waals surface area contributed by atoms with Gasteiger partial charge in [-0.3, -0.25) is 9.59 Å². The van der Waals surface area contributed by atoms with E-state index in [9.17, 15) is 14.4 Å². The van der Waals surface area contributed by atoms with Gasteiger partial charge in [-0.2, -0.15) is 0 Å². The Balaban J connectivity index is 2.56. The van der Waals surface area contributed by atoms with Crippen LogP contribution in [-0.4, -0.2) is 30.5 Å². The standard InChI is InChI=1S/C16H23N3O4/c1-3-11(2)14(15(21)18-9-13(17)20)19-16(22)23-10-12-7-5-4-6-8-12/h4-8,11,14H,3,9-10H2,1-2H3,(H2,17,20)(H,18,21)(H,19,22)/t11-,14-/m0/s1. The maximum Gasteiger partial charge on any atom is 0.408 e. The van der Waals surface area contributed by atoms with Gasteiger partial charge in [0.05, 0.1) is 6.54 Å². The zero-order valence-corrected chi connectivity index (χ0v) is 13.4. The molecule has 4 N–H and O–H groups in total. The normalized spacial score (nSPS) is 12.8. The molecular formula is C16H23N3O4. The van der Waals surface area contributed by atoms with Crippen LogP contribution in [0.4, 0.5) is 4.79 Å². The Morgan fingerprint density at radius 1 is 1.22 bits per heavy atom. The van der Waals surface area contributed by atoms with Crippen LogP contribution in [-0.2, 0) is 20.9 Å². The lowest BCUT2D eigenvalue weighted by Gasteiger charge is -2.23. The first kappa shape index (κ1) is 18.5. The highest BCUT2D eigenvalue weighted by molar-refractivity contribution is 5.89. The second kappa shape index (κ2) is 9.45. The lowest BCUT2D eigenvalue weighted by atomic mass is 9.98. The predicted octanol–water partition coefficient (Wildman–Crippen LogP) is 0.929. The highest BCUT2D eigenvalue weighted by Gasteiger charge is 2.26. The van der Waals surface area contributed by atoms with Gasteiger partial charge in [-0.25, -0.2) is 4.79 Å². The highest BCUT2D eigenvalue weighted by atomic mass is 16.5. The van der Waals surface area contributed by atoms with Crippen LogP contribution >= 0.6 is 0 Å². The molecule has 7 nitrogen and oxygen atoms in total. The van der Waals surface area contributed by atoms with Crippen LogP contribution in [0.5, 0.6) is 0 Å². The summed E-state index contributed by atoms with van der Waals surface area (Å²) in [5.74, 6) is -1.23. The van der Waals surface area contributed by atoms with Gasteiger partial charge in [0.25, 0.3) is 0 Å². The zero-order valence-electron chi connectivity index (χ0n) is 13.4. The van der Waals surface area contributed by atoms with Gasteiger partial charge in [-0.05, 0) is 11.5 Å². The molecule has 1 rings (SSSR count). The third kappa shape index (κ3) is 6.82. The fourth-order valence-electron chi connectivity index (χ4n) is 1.88. The van der Waals surface area contributed by atoms with E-state index in [1.165, 1.54) is 0 Å². The third-order valence-corrected chi connectivity index (χ3v) is 3.42. The molecule has 0 radical (unpaired) electrons. The Hall–Kier alpha value is -2.57. The van der Waals surface area contributed by atoms with Crippen LogP contribution in [0.25, 0.3) is 0 Å². The Bertz CT molecular complexity index is 533. The van der Waals surface area contributed by atoms with E-state index in [0.717, 1.165) is 5.56 Å². The molecule has 126 valence electrons. The van der Waals surface area contributed by atoms with Crippen LogP contribution in [0.2, 0.25) is 0 Å². The lowest BCUT2D eigenvalue weighted by Crippen LogP contribution is -2.51. The van der Waals surface area contributed by atoms with Gasteiger partial charge in [0.2, 0.25) is 11.8 Å². The van der Waals surface area contributed by atoms with E-state index in [2.05, 4.69) is 10.6 Å². The first-order chi connectivity index (χ1) is 10.9. The number of benzene rings is 1. The molecule has 0 aliphatic heterocycles. The number of hydrogen-bond acceptors (Lipinski definition) is 4. The molecule has 1 aromatic rings. The lowest BCUT2D eigenvalue weighted by molar-refractivity contribution is -0.127. The predicted molar refractivity (Wildman–Crippen MR) is 85.2 cm³/mol.